The first-order chi connectivity index (χ1) is 11.7. The topological polar surface area (TPSA) is 30.7 Å². The number of nitrogens with zero attached hydrogens (tertiary/aromatic N) is 3. The van der Waals surface area contributed by atoms with Gasteiger partial charge >= 0.3 is 0 Å². The Kier molecular flexibility index (Phi) is 3.58. The van der Waals surface area contributed by atoms with Crippen molar-refractivity contribution in [2.75, 3.05) is 0 Å². The summed E-state index contributed by atoms with van der Waals surface area (Å²) in [6.45, 7) is 2.51. The number of benzene rings is 1. The van der Waals surface area contributed by atoms with Gasteiger partial charge in [-0.3, -0.25) is 9.97 Å². The highest BCUT2D eigenvalue weighted by molar-refractivity contribution is 5.81. The Balaban J connectivity index is 1.76. The molecule has 0 aliphatic carbocycles. The molecule has 0 N–H and O–H groups in total. The monoisotopic (exact) mass is 317 g/mol. The van der Waals surface area contributed by atoms with Crippen molar-refractivity contribution in [3.05, 3.63) is 84.2 Å². The Bertz CT molecular complexity index is 1010. The quantitative estimate of drug-likeness (QED) is 0.553. The maximum absolute atomic E-state index is 13.5. The second kappa shape index (κ2) is 5.89. The Morgan fingerprint density at radius 2 is 1.96 bits per heavy atom. The number of pyridine rings is 2. The van der Waals surface area contributed by atoms with Crippen LogP contribution in [0.15, 0.2) is 67.3 Å². The van der Waals surface area contributed by atoms with E-state index >= 15 is 0 Å². The Morgan fingerprint density at radius 1 is 1.04 bits per heavy atom. The summed E-state index contributed by atoms with van der Waals surface area (Å²) in [5.74, 6) is -0.187. The fourth-order valence-corrected chi connectivity index (χ4v) is 2.87. The average Bonchev–Trinajstić information content (AvgIpc) is 3.00. The van der Waals surface area contributed by atoms with Crippen LogP contribution in [-0.2, 0) is 6.54 Å². The van der Waals surface area contributed by atoms with Gasteiger partial charge in [0.15, 0.2) is 0 Å². The molecule has 3 heterocycles. The molecule has 0 aliphatic rings. The van der Waals surface area contributed by atoms with Gasteiger partial charge in [-0.05, 0) is 53.9 Å². The lowest BCUT2D eigenvalue weighted by atomic mass is 10.0. The molecule has 1 aromatic carbocycles. The van der Waals surface area contributed by atoms with Crippen LogP contribution in [0, 0.1) is 12.7 Å². The van der Waals surface area contributed by atoms with E-state index in [1.165, 1.54) is 6.07 Å². The molecule has 0 atom stereocenters. The third-order valence-electron chi connectivity index (χ3n) is 4.19. The first-order valence-electron chi connectivity index (χ1n) is 7.81. The summed E-state index contributed by atoms with van der Waals surface area (Å²) in [6.07, 6.45) is 7.51. The molecule has 4 aromatic rings. The molecule has 0 spiro atoms. The lowest BCUT2D eigenvalue weighted by Gasteiger charge is -2.08. The lowest BCUT2D eigenvalue weighted by molar-refractivity contribution is 0.619. The third-order valence-corrected chi connectivity index (χ3v) is 4.19. The molecule has 0 saturated heterocycles. The van der Waals surface area contributed by atoms with Gasteiger partial charge in [0.25, 0.3) is 0 Å². The number of fused-ring (bicyclic) bond motifs is 1. The summed E-state index contributed by atoms with van der Waals surface area (Å²) >= 11 is 0. The van der Waals surface area contributed by atoms with Gasteiger partial charge in [-0.25, -0.2) is 4.39 Å². The summed E-state index contributed by atoms with van der Waals surface area (Å²) in [5.41, 5.74) is 5.73. The molecule has 3 nitrogen and oxygen atoms in total. The van der Waals surface area contributed by atoms with Crippen molar-refractivity contribution in [2.45, 2.75) is 13.5 Å². The van der Waals surface area contributed by atoms with Crippen LogP contribution >= 0.6 is 0 Å². The van der Waals surface area contributed by atoms with E-state index in [-0.39, 0.29) is 5.82 Å². The summed E-state index contributed by atoms with van der Waals surface area (Å²) < 4.78 is 15.7. The van der Waals surface area contributed by atoms with E-state index in [1.54, 1.807) is 19.2 Å². The number of rotatable bonds is 3. The fraction of sp³-hybridized carbons (Fsp3) is 0.100. The zero-order valence-corrected chi connectivity index (χ0v) is 13.3. The molecule has 0 amide bonds. The normalized spacial score (nSPS) is 11.1. The van der Waals surface area contributed by atoms with Gasteiger partial charge in [-0.2, -0.15) is 0 Å². The Labute approximate surface area is 139 Å². The van der Waals surface area contributed by atoms with E-state index in [2.05, 4.69) is 26.7 Å². The smallest absolute Gasteiger partial charge is 0.126 e. The molecule has 0 unspecified atom stereocenters. The van der Waals surface area contributed by atoms with Crippen LogP contribution in [0.2, 0.25) is 0 Å². The molecule has 4 heteroatoms. The van der Waals surface area contributed by atoms with E-state index in [9.17, 15) is 4.39 Å². The maximum atomic E-state index is 13.5. The van der Waals surface area contributed by atoms with Gasteiger partial charge in [0.1, 0.15) is 5.82 Å². The second-order valence-electron chi connectivity index (χ2n) is 5.90. The Hall–Kier alpha value is -3.01. The largest absolute Gasteiger partial charge is 0.342 e. The van der Waals surface area contributed by atoms with Crippen molar-refractivity contribution in [1.82, 2.24) is 14.5 Å². The molecule has 0 saturated carbocycles. The molecule has 24 heavy (non-hydrogen) atoms. The highest BCUT2D eigenvalue weighted by Crippen LogP contribution is 2.25. The first-order valence-corrected chi connectivity index (χ1v) is 7.81. The van der Waals surface area contributed by atoms with Crippen LogP contribution in [-0.4, -0.2) is 14.5 Å². The number of hydrogen-bond donors (Lipinski definition) is 0. The predicted molar refractivity (Wildman–Crippen MR) is 93.2 cm³/mol. The summed E-state index contributed by atoms with van der Waals surface area (Å²) in [7, 11) is 0. The number of aryl methyl sites for hydroxylation is 1. The van der Waals surface area contributed by atoms with Crippen molar-refractivity contribution in [2.24, 2.45) is 0 Å². The molecule has 4 rings (SSSR count). The number of hydrogen-bond acceptors (Lipinski definition) is 2. The van der Waals surface area contributed by atoms with Crippen molar-refractivity contribution < 1.29 is 4.39 Å². The van der Waals surface area contributed by atoms with Gasteiger partial charge in [-0.15, -0.1) is 0 Å². The molecule has 0 radical (unpaired) electrons. The van der Waals surface area contributed by atoms with E-state index in [4.69, 9.17) is 0 Å². The standard InChI is InChI=1S/C20H16FN3/c1-14-9-16(4-5-18(14)21)17-10-20-19(23-12-17)6-8-24(20)13-15-3-2-7-22-11-15/h2-12H,13H2,1H3. The minimum Gasteiger partial charge on any atom is -0.342 e. The molecule has 0 fully saturated rings. The second-order valence-corrected chi connectivity index (χ2v) is 5.90. The van der Waals surface area contributed by atoms with E-state index in [0.717, 1.165) is 34.3 Å². The molecular formula is C20H16FN3. The van der Waals surface area contributed by atoms with Gasteiger partial charge in [0.2, 0.25) is 0 Å². The minimum atomic E-state index is -0.187. The molecule has 3 aromatic heterocycles. The van der Waals surface area contributed by atoms with Crippen LogP contribution in [0.3, 0.4) is 0 Å². The fourth-order valence-electron chi connectivity index (χ4n) is 2.87. The van der Waals surface area contributed by atoms with Gasteiger partial charge in [0, 0.05) is 36.9 Å². The van der Waals surface area contributed by atoms with Crippen molar-refractivity contribution in [3.63, 3.8) is 0 Å². The van der Waals surface area contributed by atoms with Crippen molar-refractivity contribution in [1.29, 1.82) is 0 Å². The zero-order valence-electron chi connectivity index (χ0n) is 13.3. The predicted octanol–water partition coefficient (Wildman–Crippen LogP) is 4.59. The minimum absolute atomic E-state index is 0.187. The SMILES string of the molecule is Cc1cc(-c2cnc3ccn(Cc4cccnc4)c3c2)ccc1F. The summed E-state index contributed by atoms with van der Waals surface area (Å²) in [6, 6.07) is 13.2. The van der Waals surface area contributed by atoms with E-state index in [1.807, 2.05) is 36.8 Å². The van der Waals surface area contributed by atoms with Gasteiger partial charge in [0.05, 0.1) is 11.0 Å². The third kappa shape index (κ3) is 2.67. The van der Waals surface area contributed by atoms with Gasteiger partial charge in [-0.1, -0.05) is 12.1 Å². The first kappa shape index (κ1) is 14.6. The van der Waals surface area contributed by atoms with Crippen LogP contribution in [0.5, 0.6) is 0 Å². The summed E-state index contributed by atoms with van der Waals surface area (Å²) in [4.78, 5) is 8.71. The van der Waals surface area contributed by atoms with Crippen molar-refractivity contribution >= 4 is 11.0 Å². The lowest BCUT2D eigenvalue weighted by Crippen LogP contribution is -1.98. The molecular weight excluding hydrogens is 301 g/mol. The van der Waals surface area contributed by atoms with Crippen LogP contribution in [0.4, 0.5) is 4.39 Å². The van der Waals surface area contributed by atoms with Crippen molar-refractivity contribution in [3.8, 4) is 11.1 Å². The average molecular weight is 317 g/mol. The highest BCUT2D eigenvalue weighted by atomic mass is 19.1. The molecule has 0 bridgehead atoms. The number of aromatic nitrogens is 3. The van der Waals surface area contributed by atoms with E-state index < -0.39 is 0 Å². The Morgan fingerprint density at radius 3 is 2.75 bits per heavy atom. The van der Waals surface area contributed by atoms with Crippen LogP contribution < -0.4 is 0 Å². The zero-order chi connectivity index (χ0) is 16.5. The molecule has 0 aliphatic heterocycles. The maximum Gasteiger partial charge on any atom is 0.126 e. The molecule has 118 valence electrons. The van der Waals surface area contributed by atoms with E-state index in [0.29, 0.717) is 5.56 Å². The summed E-state index contributed by atoms with van der Waals surface area (Å²) in [5, 5.41) is 0. The van der Waals surface area contributed by atoms with Crippen LogP contribution in [0.25, 0.3) is 22.2 Å². The highest BCUT2D eigenvalue weighted by Gasteiger charge is 2.07. The van der Waals surface area contributed by atoms with Gasteiger partial charge < -0.3 is 4.57 Å². The number of halogens is 1. The van der Waals surface area contributed by atoms with Crippen LogP contribution in [0.1, 0.15) is 11.1 Å².